The van der Waals surface area contributed by atoms with Crippen LogP contribution in [0.15, 0.2) is 29.7 Å². The second-order valence-electron chi connectivity index (χ2n) is 2.77. The zero-order chi connectivity index (χ0) is 9.31. The molecule has 6 nitrogen and oxygen atoms in total. The lowest BCUT2D eigenvalue weighted by molar-refractivity contribution is 0.410. The molecule has 68 valence electrons. The van der Waals surface area contributed by atoms with Gasteiger partial charge in [0.1, 0.15) is 5.84 Å². The zero-order valence-electron chi connectivity index (χ0n) is 6.86. The van der Waals surface area contributed by atoms with Crippen LogP contribution in [0.2, 0.25) is 0 Å². The smallest absolute Gasteiger partial charge is 0.214 e. The number of aromatic amines is 1. The number of hydrogen-bond acceptors (Lipinski definition) is 5. The maximum atomic E-state index is 5.93. The molecule has 0 aromatic carbocycles. The Balaban J connectivity index is 2.38. The number of hydrogen-bond donors (Lipinski definition) is 4. The molecule has 0 saturated heterocycles. The molecular formula is C7H10N6. The number of nitrogens with one attached hydrogen (secondary N) is 2. The minimum Gasteiger partial charge on any atom is -0.384 e. The van der Waals surface area contributed by atoms with Gasteiger partial charge in [-0.25, -0.2) is 4.99 Å². The maximum absolute atomic E-state index is 5.93. The first-order valence-corrected chi connectivity index (χ1v) is 3.78. The summed E-state index contributed by atoms with van der Waals surface area (Å²) in [6, 6.07) is 0. The van der Waals surface area contributed by atoms with E-state index in [9.17, 15) is 0 Å². The topological polar surface area (TPSA) is 105 Å². The van der Waals surface area contributed by atoms with E-state index in [4.69, 9.17) is 11.5 Å². The van der Waals surface area contributed by atoms with E-state index in [-0.39, 0.29) is 0 Å². The molecule has 1 aromatic heterocycles. The molecule has 0 fully saturated rings. The molecule has 1 atom stereocenters. The summed E-state index contributed by atoms with van der Waals surface area (Å²) in [5, 5.41) is 9.35. The lowest BCUT2D eigenvalue weighted by Crippen LogP contribution is -2.49. The standard InChI is InChI=1S/C7H10N6/c8-6-1-2-10-7(9,13-6)5-3-11-12-4-5/h1-4,10H,9H2,(H2,8,13)(H,11,12). The third-order valence-electron chi connectivity index (χ3n) is 1.80. The molecule has 2 heterocycles. The SMILES string of the molecule is NC1=NC(N)(c2cn[nH]c2)NC=C1. The van der Waals surface area contributed by atoms with Crippen LogP contribution in [0.1, 0.15) is 5.56 Å². The molecule has 1 aliphatic rings. The number of nitrogens with two attached hydrogens (primary N) is 2. The van der Waals surface area contributed by atoms with Gasteiger partial charge in [-0.3, -0.25) is 10.8 Å². The normalized spacial score (nSPS) is 26.7. The van der Waals surface area contributed by atoms with Gasteiger partial charge in [-0.05, 0) is 6.08 Å². The van der Waals surface area contributed by atoms with E-state index < -0.39 is 5.79 Å². The molecule has 0 spiro atoms. The highest BCUT2D eigenvalue weighted by Gasteiger charge is 2.27. The minimum atomic E-state index is -0.994. The molecule has 0 radical (unpaired) electrons. The van der Waals surface area contributed by atoms with E-state index in [0.29, 0.717) is 5.84 Å². The van der Waals surface area contributed by atoms with Crippen LogP contribution in [0, 0.1) is 0 Å². The van der Waals surface area contributed by atoms with Crippen molar-refractivity contribution in [1.29, 1.82) is 0 Å². The number of nitrogens with zero attached hydrogens (tertiary/aromatic N) is 2. The first-order chi connectivity index (χ1) is 6.21. The Labute approximate surface area is 74.7 Å². The van der Waals surface area contributed by atoms with Gasteiger partial charge in [0.25, 0.3) is 0 Å². The first kappa shape index (κ1) is 7.81. The van der Waals surface area contributed by atoms with Crippen molar-refractivity contribution in [2.75, 3.05) is 0 Å². The van der Waals surface area contributed by atoms with Crippen molar-refractivity contribution in [2.24, 2.45) is 16.5 Å². The quantitative estimate of drug-likeness (QED) is 0.440. The third kappa shape index (κ3) is 1.27. The minimum absolute atomic E-state index is 0.391. The highest BCUT2D eigenvalue weighted by atomic mass is 15.3. The molecule has 13 heavy (non-hydrogen) atoms. The summed E-state index contributed by atoms with van der Waals surface area (Å²) in [6.07, 6.45) is 6.58. The lowest BCUT2D eigenvalue weighted by Gasteiger charge is -2.26. The number of aliphatic imine (C=N–C) groups is 1. The van der Waals surface area contributed by atoms with Crippen LogP contribution in [0.5, 0.6) is 0 Å². The second kappa shape index (κ2) is 2.60. The predicted octanol–water partition coefficient (Wildman–Crippen LogP) is -1.05. The van der Waals surface area contributed by atoms with E-state index in [1.807, 2.05) is 0 Å². The zero-order valence-corrected chi connectivity index (χ0v) is 6.86. The fourth-order valence-corrected chi connectivity index (χ4v) is 1.13. The fraction of sp³-hybridized carbons (Fsp3) is 0.143. The summed E-state index contributed by atoms with van der Waals surface area (Å²) in [6.45, 7) is 0. The largest absolute Gasteiger partial charge is 0.384 e. The van der Waals surface area contributed by atoms with Gasteiger partial charge < -0.3 is 11.1 Å². The van der Waals surface area contributed by atoms with Crippen LogP contribution in [0.25, 0.3) is 0 Å². The molecule has 1 unspecified atom stereocenters. The molecule has 0 amide bonds. The summed E-state index contributed by atoms with van der Waals surface area (Å²) in [5.41, 5.74) is 12.2. The van der Waals surface area contributed by atoms with E-state index in [1.165, 1.54) is 0 Å². The summed E-state index contributed by atoms with van der Waals surface area (Å²) < 4.78 is 0. The summed E-state index contributed by atoms with van der Waals surface area (Å²) in [4.78, 5) is 4.07. The van der Waals surface area contributed by atoms with E-state index >= 15 is 0 Å². The van der Waals surface area contributed by atoms with Crippen LogP contribution in [0.3, 0.4) is 0 Å². The fourth-order valence-electron chi connectivity index (χ4n) is 1.13. The lowest BCUT2D eigenvalue weighted by atomic mass is 10.2. The van der Waals surface area contributed by atoms with Crippen LogP contribution in [0.4, 0.5) is 0 Å². The van der Waals surface area contributed by atoms with Gasteiger partial charge in [-0.1, -0.05) is 0 Å². The van der Waals surface area contributed by atoms with Crippen molar-refractivity contribution in [3.05, 3.63) is 30.2 Å². The maximum Gasteiger partial charge on any atom is 0.214 e. The number of rotatable bonds is 1. The Bertz CT molecular complexity index is 351. The molecule has 1 aliphatic heterocycles. The highest BCUT2D eigenvalue weighted by molar-refractivity contribution is 5.92. The van der Waals surface area contributed by atoms with Crippen molar-refractivity contribution in [1.82, 2.24) is 15.5 Å². The van der Waals surface area contributed by atoms with Crippen molar-refractivity contribution in [2.45, 2.75) is 5.79 Å². The Morgan fingerprint density at radius 2 is 2.31 bits per heavy atom. The number of H-pyrrole nitrogens is 1. The van der Waals surface area contributed by atoms with E-state index in [2.05, 4.69) is 20.5 Å². The number of aromatic nitrogens is 2. The summed E-state index contributed by atoms with van der Waals surface area (Å²) in [5.74, 6) is -0.603. The van der Waals surface area contributed by atoms with Gasteiger partial charge in [-0.2, -0.15) is 5.10 Å². The second-order valence-corrected chi connectivity index (χ2v) is 2.77. The summed E-state index contributed by atoms with van der Waals surface area (Å²) in [7, 11) is 0. The molecule has 0 aliphatic carbocycles. The van der Waals surface area contributed by atoms with Crippen LogP contribution in [-0.4, -0.2) is 16.0 Å². The Kier molecular flexibility index (Phi) is 1.56. The van der Waals surface area contributed by atoms with Crippen LogP contribution in [-0.2, 0) is 5.79 Å². The van der Waals surface area contributed by atoms with Crippen molar-refractivity contribution in [3.8, 4) is 0 Å². The first-order valence-electron chi connectivity index (χ1n) is 3.78. The molecule has 1 aromatic rings. The molecular weight excluding hydrogens is 168 g/mol. The van der Waals surface area contributed by atoms with Gasteiger partial charge in [0.15, 0.2) is 0 Å². The van der Waals surface area contributed by atoms with Gasteiger partial charge in [-0.15, -0.1) is 0 Å². The van der Waals surface area contributed by atoms with E-state index in [0.717, 1.165) is 5.56 Å². The van der Waals surface area contributed by atoms with Crippen molar-refractivity contribution >= 4 is 5.84 Å². The molecule has 0 saturated carbocycles. The Morgan fingerprint density at radius 3 is 2.92 bits per heavy atom. The molecule has 6 N–H and O–H groups in total. The Hall–Kier alpha value is -1.82. The van der Waals surface area contributed by atoms with Gasteiger partial charge in [0.05, 0.1) is 11.8 Å². The van der Waals surface area contributed by atoms with Crippen LogP contribution < -0.4 is 16.8 Å². The van der Waals surface area contributed by atoms with E-state index in [1.54, 1.807) is 24.7 Å². The average molecular weight is 178 g/mol. The van der Waals surface area contributed by atoms with Gasteiger partial charge in [0.2, 0.25) is 5.79 Å². The van der Waals surface area contributed by atoms with Crippen molar-refractivity contribution < 1.29 is 0 Å². The molecule has 2 rings (SSSR count). The van der Waals surface area contributed by atoms with Crippen molar-refractivity contribution in [3.63, 3.8) is 0 Å². The van der Waals surface area contributed by atoms with Crippen LogP contribution >= 0.6 is 0 Å². The van der Waals surface area contributed by atoms with Gasteiger partial charge >= 0.3 is 0 Å². The summed E-state index contributed by atoms with van der Waals surface area (Å²) >= 11 is 0. The third-order valence-corrected chi connectivity index (χ3v) is 1.80. The molecule has 0 bridgehead atoms. The number of amidine groups is 1. The Morgan fingerprint density at radius 1 is 1.46 bits per heavy atom. The molecule has 6 heteroatoms. The average Bonchev–Trinajstić information content (AvgIpc) is 2.55. The predicted molar refractivity (Wildman–Crippen MR) is 48.4 cm³/mol. The highest BCUT2D eigenvalue weighted by Crippen LogP contribution is 2.16. The van der Waals surface area contributed by atoms with Gasteiger partial charge in [0, 0.05) is 12.4 Å². The monoisotopic (exact) mass is 178 g/mol.